The fourth-order valence-electron chi connectivity index (χ4n) is 1.19. The minimum atomic E-state index is 0.597. The summed E-state index contributed by atoms with van der Waals surface area (Å²) in [5.74, 6) is 0.833. The summed E-state index contributed by atoms with van der Waals surface area (Å²) in [6.07, 6.45) is 1.74. The van der Waals surface area contributed by atoms with E-state index in [0.717, 1.165) is 10.8 Å². The van der Waals surface area contributed by atoms with Crippen LogP contribution in [0.15, 0.2) is 23.4 Å². The molecule has 6 heteroatoms. The highest BCUT2D eigenvalue weighted by molar-refractivity contribution is 7.99. The molecule has 1 rings (SSSR count). The first kappa shape index (κ1) is 15.2. The van der Waals surface area contributed by atoms with Crippen molar-refractivity contribution in [3.8, 4) is 0 Å². The zero-order valence-electron chi connectivity index (χ0n) is 10.6. The molecule has 0 saturated heterocycles. The predicted molar refractivity (Wildman–Crippen MR) is 72.9 cm³/mol. The van der Waals surface area contributed by atoms with Crippen molar-refractivity contribution >= 4 is 17.4 Å². The molecule has 1 aromatic rings. The van der Waals surface area contributed by atoms with E-state index in [1.807, 2.05) is 12.1 Å². The van der Waals surface area contributed by atoms with Gasteiger partial charge in [0.05, 0.1) is 38.7 Å². The van der Waals surface area contributed by atoms with Crippen LogP contribution in [0.3, 0.4) is 0 Å². The maximum atomic E-state index is 5.77. The Hall–Kier alpha value is -0.820. The highest BCUT2D eigenvalue weighted by atomic mass is 32.2. The molecule has 0 aliphatic carbocycles. The van der Waals surface area contributed by atoms with Gasteiger partial charge in [0.15, 0.2) is 0 Å². The molecule has 0 spiro atoms. The molecule has 0 amide bonds. The molecule has 0 radical (unpaired) electrons. The molecule has 0 saturated carbocycles. The fourth-order valence-corrected chi connectivity index (χ4v) is 1.95. The highest BCUT2D eigenvalue weighted by Gasteiger charge is 1.99. The first-order valence-electron chi connectivity index (χ1n) is 5.82. The number of hydrogen-bond donors (Lipinski definition) is 1. The van der Waals surface area contributed by atoms with Gasteiger partial charge >= 0.3 is 0 Å². The summed E-state index contributed by atoms with van der Waals surface area (Å²) in [7, 11) is 1.65. The fraction of sp³-hybridized carbons (Fsp3) is 0.583. The van der Waals surface area contributed by atoms with E-state index >= 15 is 0 Å². The standard InChI is InChI=1S/C12H20N2O3S/c1-15-5-6-16-7-8-17-9-10-18-12-11(13)3-2-4-14-12/h2-4H,5-10,13H2,1H3. The van der Waals surface area contributed by atoms with Crippen LogP contribution in [0.2, 0.25) is 0 Å². The number of thioether (sulfide) groups is 1. The third kappa shape index (κ3) is 6.80. The quantitative estimate of drug-likeness (QED) is 0.513. The number of ether oxygens (including phenoxy) is 3. The molecule has 0 fully saturated rings. The molecule has 1 aromatic heterocycles. The first-order valence-corrected chi connectivity index (χ1v) is 6.81. The van der Waals surface area contributed by atoms with Crippen LogP contribution in [-0.2, 0) is 14.2 Å². The Labute approximate surface area is 112 Å². The van der Waals surface area contributed by atoms with Crippen molar-refractivity contribution in [1.82, 2.24) is 4.98 Å². The maximum Gasteiger partial charge on any atom is 0.119 e. The Morgan fingerprint density at radius 3 is 2.61 bits per heavy atom. The molecule has 0 unspecified atom stereocenters. The van der Waals surface area contributed by atoms with Gasteiger partial charge in [-0.3, -0.25) is 0 Å². The van der Waals surface area contributed by atoms with E-state index in [1.165, 1.54) is 0 Å². The number of nitrogens with two attached hydrogens (primary N) is 1. The third-order valence-corrected chi connectivity index (χ3v) is 3.06. The number of nitrogens with zero attached hydrogens (tertiary/aromatic N) is 1. The van der Waals surface area contributed by atoms with Crippen LogP contribution in [0.1, 0.15) is 0 Å². The second-order valence-corrected chi connectivity index (χ2v) is 4.55. The summed E-state index contributed by atoms with van der Waals surface area (Å²) >= 11 is 1.60. The van der Waals surface area contributed by atoms with Gasteiger partial charge in [0, 0.05) is 19.1 Å². The molecule has 102 valence electrons. The predicted octanol–water partition coefficient (Wildman–Crippen LogP) is 1.44. The molecule has 2 N–H and O–H groups in total. The van der Waals surface area contributed by atoms with E-state index in [0.29, 0.717) is 38.7 Å². The molecule has 0 atom stereocenters. The monoisotopic (exact) mass is 272 g/mol. The summed E-state index contributed by atoms with van der Waals surface area (Å²) in [6.45, 7) is 3.09. The zero-order chi connectivity index (χ0) is 13.1. The van der Waals surface area contributed by atoms with Gasteiger partial charge in [-0.05, 0) is 12.1 Å². The molecule has 0 aliphatic heterocycles. The van der Waals surface area contributed by atoms with Crippen molar-refractivity contribution in [2.75, 3.05) is 51.6 Å². The molecule has 0 aromatic carbocycles. The minimum absolute atomic E-state index is 0.597. The minimum Gasteiger partial charge on any atom is -0.397 e. The zero-order valence-corrected chi connectivity index (χ0v) is 11.4. The number of hydrogen-bond acceptors (Lipinski definition) is 6. The van der Waals surface area contributed by atoms with Crippen molar-refractivity contribution in [3.63, 3.8) is 0 Å². The van der Waals surface area contributed by atoms with Crippen LogP contribution in [0.5, 0.6) is 0 Å². The average molecular weight is 272 g/mol. The van der Waals surface area contributed by atoms with Crippen molar-refractivity contribution in [3.05, 3.63) is 18.3 Å². The summed E-state index contributed by atoms with van der Waals surface area (Å²) in [5.41, 5.74) is 6.49. The molecular weight excluding hydrogens is 252 g/mol. The second kappa shape index (κ2) is 10.1. The van der Waals surface area contributed by atoms with Crippen LogP contribution in [0.4, 0.5) is 5.69 Å². The van der Waals surface area contributed by atoms with Crippen LogP contribution >= 0.6 is 11.8 Å². The van der Waals surface area contributed by atoms with E-state index in [-0.39, 0.29) is 0 Å². The SMILES string of the molecule is COCCOCCOCCSc1ncccc1N. The van der Waals surface area contributed by atoms with E-state index in [2.05, 4.69) is 4.98 Å². The molecular formula is C12H20N2O3S. The lowest BCUT2D eigenvalue weighted by atomic mass is 10.4. The highest BCUT2D eigenvalue weighted by Crippen LogP contribution is 2.20. The van der Waals surface area contributed by atoms with Gasteiger partial charge in [0.25, 0.3) is 0 Å². The topological polar surface area (TPSA) is 66.6 Å². The van der Waals surface area contributed by atoms with Gasteiger partial charge < -0.3 is 19.9 Å². The third-order valence-electron chi connectivity index (χ3n) is 2.07. The largest absolute Gasteiger partial charge is 0.397 e. The van der Waals surface area contributed by atoms with Gasteiger partial charge in [0.2, 0.25) is 0 Å². The van der Waals surface area contributed by atoms with Gasteiger partial charge in [-0.25, -0.2) is 4.98 Å². The summed E-state index contributed by atoms with van der Waals surface area (Å²) in [4.78, 5) is 4.19. The van der Waals surface area contributed by atoms with Gasteiger partial charge in [-0.2, -0.15) is 0 Å². The second-order valence-electron chi connectivity index (χ2n) is 3.46. The van der Waals surface area contributed by atoms with Crippen LogP contribution in [-0.4, -0.2) is 50.9 Å². The lowest BCUT2D eigenvalue weighted by molar-refractivity contribution is 0.0286. The van der Waals surface area contributed by atoms with E-state index in [1.54, 1.807) is 25.1 Å². The smallest absolute Gasteiger partial charge is 0.119 e. The van der Waals surface area contributed by atoms with Crippen molar-refractivity contribution in [2.24, 2.45) is 0 Å². The van der Waals surface area contributed by atoms with Crippen molar-refractivity contribution in [1.29, 1.82) is 0 Å². The Morgan fingerprint density at radius 1 is 1.17 bits per heavy atom. The number of nitrogen functional groups attached to an aromatic ring is 1. The number of rotatable bonds is 10. The maximum absolute atomic E-state index is 5.77. The van der Waals surface area contributed by atoms with E-state index in [9.17, 15) is 0 Å². The lowest BCUT2D eigenvalue weighted by Gasteiger charge is -2.06. The normalized spacial score (nSPS) is 10.7. The number of pyridine rings is 1. The van der Waals surface area contributed by atoms with Crippen molar-refractivity contribution < 1.29 is 14.2 Å². The molecule has 18 heavy (non-hydrogen) atoms. The van der Waals surface area contributed by atoms with Crippen LogP contribution in [0, 0.1) is 0 Å². The number of aromatic nitrogens is 1. The Kier molecular flexibility index (Phi) is 8.58. The summed E-state index contributed by atoms with van der Waals surface area (Å²) in [5, 5.41) is 0.859. The van der Waals surface area contributed by atoms with Crippen LogP contribution in [0.25, 0.3) is 0 Å². The first-order chi connectivity index (χ1) is 8.84. The molecule has 0 bridgehead atoms. The number of methoxy groups -OCH3 is 1. The Balaban J connectivity index is 1.94. The van der Waals surface area contributed by atoms with Gasteiger partial charge in [-0.15, -0.1) is 11.8 Å². The van der Waals surface area contributed by atoms with Crippen LogP contribution < -0.4 is 5.73 Å². The molecule has 0 aliphatic rings. The van der Waals surface area contributed by atoms with Gasteiger partial charge in [-0.1, -0.05) is 0 Å². The number of anilines is 1. The summed E-state index contributed by atoms with van der Waals surface area (Å²) < 4.78 is 15.5. The van der Waals surface area contributed by atoms with E-state index in [4.69, 9.17) is 19.9 Å². The summed E-state index contributed by atoms with van der Waals surface area (Å²) in [6, 6.07) is 3.67. The van der Waals surface area contributed by atoms with Crippen molar-refractivity contribution in [2.45, 2.75) is 5.03 Å². The Morgan fingerprint density at radius 2 is 1.89 bits per heavy atom. The molecule has 1 heterocycles. The lowest BCUT2D eigenvalue weighted by Crippen LogP contribution is -2.09. The average Bonchev–Trinajstić information content (AvgIpc) is 2.39. The molecule has 5 nitrogen and oxygen atoms in total. The van der Waals surface area contributed by atoms with E-state index < -0.39 is 0 Å². The van der Waals surface area contributed by atoms with Gasteiger partial charge in [0.1, 0.15) is 5.03 Å². The Bertz CT molecular complexity index is 326.